The van der Waals surface area contributed by atoms with Crippen molar-refractivity contribution in [1.82, 2.24) is 14.8 Å². The highest BCUT2D eigenvalue weighted by Gasteiger charge is 2.24. The van der Waals surface area contributed by atoms with Crippen LogP contribution in [0.15, 0.2) is 30.5 Å². The second kappa shape index (κ2) is 8.31. The molecular weight excluding hydrogens is 342 g/mol. The van der Waals surface area contributed by atoms with Crippen molar-refractivity contribution in [3.8, 4) is 0 Å². The van der Waals surface area contributed by atoms with Crippen LogP contribution in [0.5, 0.6) is 0 Å². The van der Waals surface area contributed by atoms with E-state index < -0.39 is 0 Å². The van der Waals surface area contributed by atoms with Gasteiger partial charge >= 0.3 is 0 Å². The molecule has 0 bridgehead atoms. The third-order valence-corrected chi connectivity index (χ3v) is 6.70. The largest absolute Gasteiger partial charge is 0.335 e. The van der Waals surface area contributed by atoms with Crippen LogP contribution in [-0.2, 0) is 19.4 Å². The van der Waals surface area contributed by atoms with Crippen LogP contribution in [0.3, 0.4) is 0 Å². The number of pyridine rings is 1. The Morgan fingerprint density at radius 3 is 2.62 bits per heavy atom. The zero-order valence-corrected chi connectivity index (χ0v) is 16.1. The van der Waals surface area contributed by atoms with Gasteiger partial charge in [0.05, 0.1) is 10.6 Å². The van der Waals surface area contributed by atoms with Gasteiger partial charge in [0.2, 0.25) is 0 Å². The molecule has 2 aliphatic rings. The fraction of sp³-hybridized carbons (Fsp3) is 0.524. The molecule has 0 aromatic carbocycles. The molecule has 0 radical (unpaired) electrons. The molecule has 0 N–H and O–H groups in total. The van der Waals surface area contributed by atoms with E-state index >= 15 is 0 Å². The van der Waals surface area contributed by atoms with Crippen LogP contribution in [0, 0.1) is 0 Å². The fourth-order valence-corrected chi connectivity index (χ4v) is 5.16. The number of hydrogen-bond acceptors (Lipinski definition) is 4. The Morgan fingerprint density at radius 2 is 1.85 bits per heavy atom. The Bertz CT molecular complexity index is 709. The van der Waals surface area contributed by atoms with Gasteiger partial charge in [0, 0.05) is 43.8 Å². The van der Waals surface area contributed by atoms with Gasteiger partial charge in [0.1, 0.15) is 0 Å². The van der Waals surface area contributed by atoms with Crippen molar-refractivity contribution in [2.45, 2.75) is 45.1 Å². The Labute approximate surface area is 159 Å². The minimum Gasteiger partial charge on any atom is -0.335 e. The molecule has 5 heteroatoms. The summed E-state index contributed by atoms with van der Waals surface area (Å²) in [5.41, 5.74) is 2.54. The molecule has 138 valence electrons. The molecule has 2 aromatic rings. The van der Waals surface area contributed by atoms with Gasteiger partial charge in [-0.3, -0.25) is 14.7 Å². The maximum atomic E-state index is 13.0. The van der Waals surface area contributed by atoms with Gasteiger partial charge in [-0.2, -0.15) is 0 Å². The van der Waals surface area contributed by atoms with Gasteiger partial charge in [0.15, 0.2) is 0 Å². The summed E-state index contributed by atoms with van der Waals surface area (Å²) in [5, 5.41) is 0. The lowest BCUT2D eigenvalue weighted by molar-refractivity contribution is 0.0631. The summed E-state index contributed by atoms with van der Waals surface area (Å²) >= 11 is 1.75. The second-order valence-corrected chi connectivity index (χ2v) is 8.50. The molecule has 1 amide bonds. The number of rotatable bonds is 3. The van der Waals surface area contributed by atoms with Crippen LogP contribution in [-0.4, -0.2) is 46.9 Å². The highest BCUT2D eigenvalue weighted by atomic mass is 32.1. The second-order valence-electron chi connectivity index (χ2n) is 7.36. The van der Waals surface area contributed by atoms with E-state index in [2.05, 4.69) is 22.0 Å². The Balaban J connectivity index is 1.35. The lowest BCUT2D eigenvalue weighted by Crippen LogP contribution is -2.48. The normalized spacial score (nSPS) is 18.8. The molecule has 2 aromatic heterocycles. The van der Waals surface area contributed by atoms with Crippen molar-refractivity contribution in [1.29, 1.82) is 0 Å². The first-order valence-corrected chi connectivity index (χ1v) is 10.6. The van der Waals surface area contributed by atoms with Gasteiger partial charge in [0.25, 0.3) is 5.91 Å². The van der Waals surface area contributed by atoms with E-state index in [1.165, 1.54) is 36.1 Å². The van der Waals surface area contributed by atoms with Crippen LogP contribution in [0.2, 0.25) is 0 Å². The monoisotopic (exact) mass is 369 g/mol. The highest BCUT2D eigenvalue weighted by Crippen LogP contribution is 2.29. The first-order chi connectivity index (χ1) is 12.8. The third-order valence-electron chi connectivity index (χ3n) is 5.48. The number of aryl methyl sites for hydroxylation is 2. The summed E-state index contributed by atoms with van der Waals surface area (Å²) < 4.78 is 0. The molecule has 0 unspecified atom stereocenters. The highest BCUT2D eigenvalue weighted by molar-refractivity contribution is 7.14. The summed E-state index contributed by atoms with van der Waals surface area (Å²) in [6.45, 7) is 4.35. The van der Waals surface area contributed by atoms with Crippen molar-refractivity contribution in [2.24, 2.45) is 0 Å². The molecule has 4 nitrogen and oxygen atoms in total. The Hall–Kier alpha value is -1.72. The van der Waals surface area contributed by atoms with Crippen LogP contribution >= 0.6 is 11.3 Å². The topological polar surface area (TPSA) is 36.4 Å². The van der Waals surface area contributed by atoms with Crippen molar-refractivity contribution in [3.63, 3.8) is 0 Å². The fourth-order valence-electron chi connectivity index (χ4n) is 3.94. The van der Waals surface area contributed by atoms with E-state index in [0.717, 1.165) is 56.1 Å². The molecule has 1 fully saturated rings. The predicted octanol–water partition coefficient (Wildman–Crippen LogP) is 3.76. The summed E-state index contributed by atoms with van der Waals surface area (Å²) in [4.78, 5) is 24.2. The number of amides is 1. The van der Waals surface area contributed by atoms with Crippen LogP contribution in [0.25, 0.3) is 0 Å². The number of nitrogens with zero attached hydrogens (tertiary/aromatic N) is 3. The lowest BCUT2D eigenvalue weighted by Gasteiger charge is -2.34. The van der Waals surface area contributed by atoms with Crippen LogP contribution < -0.4 is 0 Å². The molecule has 1 aliphatic heterocycles. The standard InChI is InChI=1S/C21H27N3OS/c25-21(20-15-17-7-3-1-2-4-9-19(17)26-20)24-13-11-23(12-14-24)16-18-8-5-6-10-22-18/h5-6,8,10,15H,1-4,7,9,11-14,16H2. The number of piperazine rings is 1. The zero-order valence-electron chi connectivity index (χ0n) is 15.3. The number of carbonyl (C=O) groups excluding carboxylic acids is 1. The minimum atomic E-state index is 0.235. The van der Waals surface area contributed by atoms with Gasteiger partial charge < -0.3 is 4.90 Å². The summed E-state index contributed by atoms with van der Waals surface area (Å²) in [7, 11) is 0. The quantitative estimate of drug-likeness (QED) is 0.826. The molecule has 3 heterocycles. The molecule has 0 saturated carbocycles. The first-order valence-electron chi connectivity index (χ1n) is 9.83. The molecule has 26 heavy (non-hydrogen) atoms. The molecule has 0 spiro atoms. The van der Waals surface area contributed by atoms with Crippen molar-refractivity contribution in [3.05, 3.63) is 51.5 Å². The van der Waals surface area contributed by atoms with Crippen LogP contribution in [0.1, 0.15) is 51.5 Å². The predicted molar refractivity (Wildman–Crippen MR) is 106 cm³/mol. The third kappa shape index (κ3) is 4.15. The molecule has 4 rings (SSSR count). The van der Waals surface area contributed by atoms with Crippen molar-refractivity contribution in [2.75, 3.05) is 26.2 Å². The van der Waals surface area contributed by atoms with Gasteiger partial charge in [-0.05, 0) is 49.4 Å². The maximum absolute atomic E-state index is 13.0. The molecular formula is C21H27N3OS. The van der Waals surface area contributed by atoms with E-state index in [9.17, 15) is 4.79 Å². The number of fused-ring (bicyclic) bond motifs is 1. The number of thiophene rings is 1. The van der Waals surface area contributed by atoms with Crippen LogP contribution in [0.4, 0.5) is 0 Å². The summed E-state index contributed by atoms with van der Waals surface area (Å²) in [6, 6.07) is 8.24. The maximum Gasteiger partial charge on any atom is 0.264 e. The van der Waals surface area contributed by atoms with Crippen molar-refractivity contribution >= 4 is 17.2 Å². The average molecular weight is 370 g/mol. The van der Waals surface area contributed by atoms with Gasteiger partial charge in [-0.25, -0.2) is 0 Å². The SMILES string of the molecule is O=C(c1cc2c(s1)CCCCCC2)N1CCN(Cc2ccccn2)CC1. The number of hydrogen-bond donors (Lipinski definition) is 0. The number of aromatic nitrogens is 1. The summed E-state index contributed by atoms with van der Waals surface area (Å²) in [5.74, 6) is 0.235. The van der Waals surface area contributed by atoms with E-state index in [1.807, 2.05) is 23.2 Å². The average Bonchev–Trinajstić information content (AvgIpc) is 3.05. The zero-order chi connectivity index (χ0) is 17.8. The number of carbonyl (C=O) groups is 1. The van der Waals surface area contributed by atoms with Gasteiger partial charge in [-0.15, -0.1) is 11.3 Å². The Morgan fingerprint density at radius 1 is 1.04 bits per heavy atom. The summed E-state index contributed by atoms with van der Waals surface area (Å²) in [6.07, 6.45) is 9.35. The molecule has 1 saturated heterocycles. The Kier molecular flexibility index (Phi) is 5.65. The minimum absolute atomic E-state index is 0.235. The van der Waals surface area contributed by atoms with E-state index in [4.69, 9.17) is 0 Å². The van der Waals surface area contributed by atoms with E-state index in [-0.39, 0.29) is 5.91 Å². The van der Waals surface area contributed by atoms with Gasteiger partial charge in [-0.1, -0.05) is 18.9 Å². The lowest BCUT2D eigenvalue weighted by atomic mass is 10.00. The van der Waals surface area contributed by atoms with Crippen molar-refractivity contribution < 1.29 is 4.79 Å². The van der Waals surface area contributed by atoms with E-state index in [0.29, 0.717) is 0 Å². The first kappa shape index (κ1) is 17.7. The smallest absolute Gasteiger partial charge is 0.264 e. The molecule has 0 atom stereocenters. The molecule has 1 aliphatic carbocycles. The van der Waals surface area contributed by atoms with E-state index in [1.54, 1.807) is 11.3 Å².